The number of H-pyrrole nitrogens is 1. The number of hydrogen-bond acceptors (Lipinski definition) is 6. The molecule has 0 aliphatic carbocycles. The smallest absolute Gasteiger partial charge is 0.258 e. The highest BCUT2D eigenvalue weighted by atomic mass is 16.5. The van der Waals surface area contributed by atoms with Gasteiger partial charge in [-0.05, 0) is 25.1 Å². The zero-order valence-corrected chi connectivity index (χ0v) is 14.9. The van der Waals surface area contributed by atoms with Gasteiger partial charge < -0.3 is 24.3 Å². The zero-order chi connectivity index (χ0) is 19.0. The van der Waals surface area contributed by atoms with Gasteiger partial charge in [-0.25, -0.2) is 0 Å². The number of aromatic hydroxyl groups is 1. The van der Waals surface area contributed by atoms with Crippen LogP contribution in [0.15, 0.2) is 41.2 Å². The lowest BCUT2D eigenvalue weighted by molar-refractivity contribution is 0.315. The first kappa shape index (κ1) is 17.0. The van der Waals surface area contributed by atoms with Gasteiger partial charge in [-0.3, -0.25) is 4.79 Å². The number of benzene rings is 2. The molecule has 2 aromatic carbocycles. The van der Waals surface area contributed by atoms with Crippen LogP contribution in [-0.2, 0) is 6.42 Å². The summed E-state index contributed by atoms with van der Waals surface area (Å²) in [6, 6.07) is 10.5. The predicted molar refractivity (Wildman–Crippen MR) is 99.0 cm³/mol. The maximum atomic E-state index is 12.6. The second-order valence-electron chi connectivity index (χ2n) is 6.01. The number of hydrogen-bond donors (Lipinski definition) is 2. The van der Waals surface area contributed by atoms with Gasteiger partial charge in [0.2, 0.25) is 5.88 Å². The van der Waals surface area contributed by atoms with E-state index in [-0.39, 0.29) is 28.8 Å². The molecule has 0 bridgehead atoms. The third-order valence-corrected chi connectivity index (χ3v) is 4.38. The van der Waals surface area contributed by atoms with Crippen LogP contribution in [0.3, 0.4) is 0 Å². The quantitative estimate of drug-likeness (QED) is 0.576. The van der Waals surface area contributed by atoms with Crippen molar-refractivity contribution in [2.45, 2.75) is 13.3 Å². The molecule has 1 aliphatic rings. The van der Waals surface area contributed by atoms with E-state index in [1.54, 1.807) is 18.2 Å². The molecule has 0 saturated carbocycles. The Morgan fingerprint density at radius 1 is 1.22 bits per heavy atom. The Morgan fingerprint density at radius 2 is 2.00 bits per heavy atom. The highest BCUT2D eigenvalue weighted by molar-refractivity contribution is 5.68. The minimum atomic E-state index is -0.315. The molecule has 1 aliphatic heterocycles. The largest absolute Gasteiger partial charge is 0.504 e. The first-order valence-corrected chi connectivity index (χ1v) is 8.54. The van der Waals surface area contributed by atoms with Crippen molar-refractivity contribution in [3.8, 4) is 40.3 Å². The normalized spacial score (nSPS) is 11.9. The maximum absolute atomic E-state index is 12.6. The summed E-state index contributed by atoms with van der Waals surface area (Å²) in [7, 11) is 1.46. The molecule has 27 heavy (non-hydrogen) atoms. The van der Waals surface area contributed by atoms with Crippen LogP contribution < -0.4 is 19.8 Å². The van der Waals surface area contributed by atoms with Crippen molar-refractivity contribution in [3.05, 3.63) is 57.9 Å². The van der Waals surface area contributed by atoms with Crippen molar-refractivity contribution >= 4 is 0 Å². The predicted octanol–water partition coefficient (Wildman–Crippen LogP) is 3.25. The fourth-order valence-electron chi connectivity index (χ4n) is 3.10. The highest BCUT2D eigenvalue weighted by Gasteiger charge is 2.25. The van der Waals surface area contributed by atoms with Crippen LogP contribution in [-0.4, -0.2) is 28.8 Å². The summed E-state index contributed by atoms with van der Waals surface area (Å²) < 4.78 is 16.7. The Morgan fingerprint density at radius 3 is 2.78 bits per heavy atom. The molecule has 1 aromatic heterocycles. The van der Waals surface area contributed by atoms with Crippen LogP contribution in [0, 0.1) is 0 Å². The average Bonchev–Trinajstić information content (AvgIpc) is 2.67. The van der Waals surface area contributed by atoms with Gasteiger partial charge in [0, 0.05) is 12.0 Å². The molecule has 0 fully saturated rings. The van der Waals surface area contributed by atoms with E-state index >= 15 is 0 Å². The third-order valence-electron chi connectivity index (χ3n) is 4.38. The second kappa shape index (κ2) is 6.68. The van der Waals surface area contributed by atoms with E-state index in [1.807, 2.05) is 25.1 Å². The van der Waals surface area contributed by atoms with E-state index in [2.05, 4.69) is 9.97 Å². The lowest BCUT2D eigenvalue weighted by Crippen LogP contribution is -2.20. The van der Waals surface area contributed by atoms with E-state index in [0.29, 0.717) is 35.7 Å². The van der Waals surface area contributed by atoms with Crippen LogP contribution >= 0.6 is 0 Å². The summed E-state index contributed by atoms with van der Waals surface area (Å²) in [5.74, 6) is 1.76. The van der Waals surface area contributed by atoms with E-state index < -0.39 is 0 Å². The van der Waals surface area contributed by atoms with Gasteiger partial charge in [0.1, 0.15) is 5.82 Å². The molecular formula is C20H18N2O5. The number of nitrogens with zero attached hydrogens (tertiary/aromatic N) is 1. The van der Waals surface area contributed by atoms with Crippen molar-refractivity contribution in [1.29, 1.82) is 0 Å². The summed E-state index contributed by atoms with van der Waals surface area (Å²) in [5.41, 5.74) is 1.33. The second-order valence-corrected chi connectivity index (χ2v) is 6.01. The number of rotatable bonds is 4. The Balaban J connectivity index is 1.82. The van der Waals surface area contributed by atoms with Gasteiger partial charge >= 0.3 is 0 Å². The molecule has 138 valence electrons. The molecular weight excluding hydrogens is 348 g/mol. The summed E-state index contributed by atoms with van der Waals surface area (Å²) in [6.07, 6.45) is 0.387. The van der Waals surface area contributed by atoms with Gasteiger partial charge in [-0.1, -0.05) is 18.2 Å². The number of phenols is 1. The Labute approximate surface area is 155 Å². The Bertz CT molecular complexity index is 1070. The number of aromatic amines is 1. The Kier molecular flexibility index (Phi) is 4.19. The van der Waals surface area contributed by atoms with Crippen molar-refractivity contribution < 1.29 is 19.3 Å². The lowest BCUT2D eigenvalue weighted by atomic mass is 10.0. The lowest BCUT2D eigenvalue weighted by Gasteiger charge is -2.21. The van der Waals surface area contributed by atoms with E-state index in [9.17, 15) is 9.90 Å². The fourth-order valence-corrected chi connectivity index (χ4v) is 3.10. The maximum Gasteiger partial charge on any atom is 0.258 e. The molecule has 0 spiro atoms. The van der Waals surface area contributed by atoms with Gasteiger partial charge in [0.05, 0.1) is 24.8 Å². The van der Waals surface area contributed by atoms with E-state index in [0.717, 1.165) is 5.56 Å². The van der Waals surface area contributed by atoms with E-state index in [1.165, 1.54) is 7.11 Å². The van der Waals surface area contributed by atoms with E-state index in [4.69, 9.17) is 14.2 Å². The van der Waals surface area contributed by atoms with Gasteiger partial charge in [0.15, 0.2) is 23.0 Å². The molecule has 7 heteroatoms. The van der Waals surface area contributed by atoms with Crippen LogP contribution in [0.5, 0.6) is 28.9 Å². The number of aromatic nitrogens is 2. The minimum Gasteiger partial charge on any atom is -0.504 e. The molecule has 0 radical (unpaired) electrons. The summed E-state index contributed by atoms with van der Waals surface area (Å²) in [6.45, 7) is 2.39. The Hall–Kier alpha value is -3.48. The highest BCUT2D eigenvalue weighted by Crippen LogP contribution is 2.42. The molecule has 2 heterocycles. The van der Waals surface area contributed by atoms with Crippen molar-refractivity contribution in [1.82, 2.24) is 9.97 Å². The number of methoxy groups -OCH3 is 1. The first-order valence-electron chi connectivity index (χ1n) is 8.54. The van der Waals surface area contributed by atoms with Crippen LogP contribution in [0.2, 0.25) is 0 Å². The van der Waals surface area contributed by atoms with Crippen LogP contribution in [0.1, 0.15) is 18.1 Å². The third kappa shape index (κ3) is 2.87. The molecule has 0 amide bonds. The molecule has 3 aromatic rings. The summed E-state index contributed by atoms with van der Waals surface area (Å²) >= 11 is 0. The first-order chi connectivity index (χ1) is 13.1. The zero-order valence-electron chi connectivity index (χ0n) is 14.9. The summed E-state index contributed by atoms with van der Waals surface area (Å²) in [4.78, 5) is 19.8. The molecule has 0 atom stereocenters. The molecule has 0 unspecified atom stereocenters. The van der Waals surface area contributed by atoms with Gasteiger partial charge in [-0.15, -0.1) is 0 Å². The standard InChI is InChI=1S/C20H18N2O5/c1-3-26-15-9-4-6-11-10-13-19(24)21-18(22-20(13)27-17(11)15)12-7-5-8-14(25-2)16(12)23/h4-9,23H,3,10H2,1-2H3,(H,21,22,24). The fraction of sp³-hybridized carbons (Fsp3) is 0.200. The number of para-hydroxylation sites is 2. The number of phenolic OH excluding ortho intramolecular Hbond substituents is 1. The van der Waals surface area contributed by atoms with Crippen LogP contribution in [0.25, 0.3) is 11.4 Å². The van der Waals surface area contributed by atoms with Gasteiger partial charge in [0.25, 0.3) is 5.56 Å². The minimum absolute atomic E-state index is 0.102. The van der Waals surface area contributed by atoms with Crippen molar-refractivity contribution in [3.63, 3.8) is 0 Å². The molecule has 4 rings (SSSR count). The van der Waals surface area contributed by atoms with Gasteiger partial charge in [-0.2, -0.15) is 4.98 Å². The number of ether oxygens (including phenoxy) is 3. The van der Waals surface area contributed by atoms with Crippen LogP contribution in [0.4, 0.5) is 0 Å². The number of nitrogens with one attached hydrogen (secondary N) is 1. The molecule has 0 saturated heterocycles. The molecule has 2 N–H and O–H groups in total. The van der Waals surface area contributed by atoms with Crippen molar-refractivity contribution in [2.24, 2.45) is 0 Å². The summed E-state index contributed by atoms with van der Waals surface area (Å²) in [5, 5.41) is 10.4. The topological polar surface area (TPSA) is 93.7 Å². The monoisotopic (exact) mass is 366 g/mol. The average molecular weight is 366 g/mol. The number of fused-ring (bicyclic) bond motifs is 2. The SMILES string of the molecule is CCOc1cccc2c1Oc1nc(-c3cccc(OC)c3O)[nH]c(=O)c1C2. The van der Waals surface area contributed by atoms with Crippen molar-refractivity contribution in [2.75, 3.05) is 13.7 Å². The molecule has 7 nitrogen and oxygen atoms in total.